The molecule has 4 rings (SSSR count). The van der Waals surface area contributed by atoms with Crippen molar-refractivity contribution in [1.82, 2.24) is 36.0 Å². The van der Waals surface area contributed by atoms with Gasteiger partial charge in [-0.15, -0.1) is 5.10 Å². The molecule has 1 aliphatic heterocycles. The van der Waals surface area contributed by atoms with E-state index in [1.54, 1.807) is 28.9 Å². The van der Waals surface area contributed by atoms with Crippen LogP contribution in [0.4, 0.5) is 4.79 Å². The minimum atomic E-state index is -1.22. The van der Waals surface area contributed by atoms with Crippen molar-refractivity contribution in [2.75, 3.05) is 5.75 Å². The smallest absolute Gasteiger partial charge is 0.318 e. The molecule has 1 fully saturated rings. The summed E-state index contributed by atoms with van der Waals surface area (Å²) in [6, 6.07) is 16.3. The molecule has 1 atom stereocenters. The number of hydrogen-bond donors (Lipinski definition) is 2. The maximum atomic E-state index is 13.2. The molecule has 3 aromatic rings. The van der Waals surface area contributed by atoms with Gasteiger partial charge >= 0.3 is 6.03 Å². The van der Waals surface area contributed by atoms with Crippen LogP contribution in [-0.2, 0) is 21.5 Å². The second kappa shape index (κ2) is 10.7. The summed E-state index contributed by atoms with van der Waals surface area (Å²) in [5.41, 5.74) is 3.88. The molecule has 4 amide bonds. The van der Waals surface area contributed by atoms with Gasteiger partial charge in [-0.1, -0.05) is 74.5 Å². The summed E-state index contributed by atoms with van der Waals surface area (Å²) in [4.78, 5) is 38.4. The van der Waals surface area contributed by atoms with Crippen molar-refractivity contribution in [2.24, 2.45) is 0 Å². The monoisotopic (exact) mass is 493 g/mol. The highest BCUT2D eigenvalue weighted by atomic mass is 32.2. The summed E-state index contributed by atoms with van der Waals surface area (Å²) in [6.45, 7) is 3.97. The van der Waals surface area contributed by atoms with Crippen molar-refractivity contribution in [3.8, 4) is 5.69 Å². The first-order valence-corrected chi connectivity index (χ1v) is 12.5. The SMILES string of the molecule is CCCCc1ccc(-n2nnnc2SCC(=O)NN2C(=O)NC(CC)(c3ccccc3)C2=O)cc1. The van der Waals surface area contributed by atoms with E-state index in [1.807, 2.05) is 37.3 Å². The highest BCUT2D eigenvalue weighted by Crippen LogP contribution is 2.31. The van der Waals surface area contributed by atoms with E-state index < -0.39 is 23.4 Å². The molecule has 1 aliphatic rings. The van der Waals surface area contributed by atoms with Gasteiger partial charge in [-0.2, -0.15) is 9.69 Å². The first-order chi connectivity index (χ1) is 17.0. The van der Waals surface area contributed by atoms with Gasteiger partial charge in [0.1, 0.15) is 5.54 Å². The molecule has 0 bridgehead atoms. The topological polar surface area (TPSA) is 122 Å². The molecule has 0 radical (unpaired) electrons. The largest absolute Gasteiger partial charge is 0.344 e. The van der Waals surface area contributed by atoms with Gasteiger partial charge in [-0.05, 0) is 52.9 Å². The van der Waals surface area contributed by atoms with Gasteiger partial charge in [0.2, 0.25) is 11.1 Å². The van der Waals surface area contributed by atoms with E-state index in [9.17, 15) is 14.4 Å². The van der Waals surface area contributed by atoms with Crippen molar-refractivity contribution >= 4 is 29.6 Å². The Kier molecular flexibility index (Phi) is 7.45. The Bertz CT molecular complexity index is 1200. The molecule has 1 aromatic heterocycles. The zero-order valence-electron chi connectivity index (χ0n) is 19.6. The third-order valence-corrected chi connectivity index (χ3v) is 6.82. The van der Waals surface area contributed by atoms with Crippen molar-refractivity contribution < 1.29 is 14.4 Å². The van der Waals surface area contributed by atoms with Gasteiger partial charge in [0, 0.05) is 0 Å². The number of nitrogens with one attached hydrogen (secondary N) is 2. The predicted octanol–water partition coefficient (Wildman–Crippen LogP) is 2.99. The number of hydrazine groups is 1. The van der Waals surface area contributed by atoms with Crippen LogP contribution < -0.4 is 10.7 Å². The lowest BCUT2D eigenvalue weighted by atomic mass is 9.87. The molecule has 0 spiro atoms. The van der Waals surface area contributed by atoms with Crippen LogP contribution in [0.2, 0.25) is 0 Å². The minimum absolute atomic E-state index is 0.0868. The average Bonchev–Trinajstić information content (AvgIpc) is 3.45. The third kappa shape index (κ3) is 5.04. The lowest BCUT2D eigenvalue weighted by Crippen LogP contribution is -2.49. The molecule has 0 saturated carbocycles. The van der Waals surface area contributed by atoms with E-state index in [0.717, 1.165) is 41.7 Å². The molecular formula is C24H27N7O3S. The second-order valence-electron chi connectivity index (χ2n) is 8.16. The van der Waals surface area contributed by atoms with Gasteiger partial charge < -0.3 is 5.32 Å². The zero-order valence-corrected chi connectivity index (χ0v) is 20.4. The third-order valence-electron chi connectivity index (χ3n) is 5.90. The van der Waals surface area contributed by atoms with Gasteiger partial charge in [0.25, 0.3) is 5.91 Å². The number of benzene rings is 2. The van der Waals surface area contributed by atoms with Crippen LogP contribution in [-0.4, -0.2) is 48.8 Å². The molecule has 11 heteroatoms. The Hall–Kier alpha value is -3.73. The molecule has 10 nitrogen and oxygen atoms in total. The summed E-state index contributed by atoms with van der Waals surface area (Å²) in [6.07, 6.45) is 3.62. The van der Waals surface area contributed by atoms with E-state index in [1.165, 1.54) is 5.56 Å². The maximum absolute atomic E-state index is 13.2. The summed E-state index contributed by atoms with van der Waals surface area (Å²) in [7, 11) is 0. The summed E-state index contributed by atoms with van der Waals surface area (Å²) in [5.74, 6) is -1.14. The number of hydrogen-bond acceptors (Lipinski definition) is 7. The van der Waals surface area contributed by atoms with Gasteiger partial charge in [0.15, 0.2) is 0 Å². The number of carbonyl (C=O) groups is 3. The predicted molar refractivity (Wildman–Crippen MR) is 130 cm³/mol. The van der Waals surface area contributed by atoms with Gasteiger partial charge in [-0.3, -0.25) is 15.0 Å². The van der Waals surface area contributed by atoms with Gasteiger partial charge in [-0.25, -0.2) is 4.79 Å². The number of thioether (sulfide) groups is 1. The second-order valence-corrected chi connectivity index (χ2v) is 9.11. The number of urea groups is 1. The lowest BCUT2D eigenvalue weighted by molar-refractivity contribution is -0.138. The minimum Gasteiger partial charge on any atom is -0.318 e. The first-order valence-electron chi connectivity index (χ1n) is 11.5. The molecule has 2 heterocycles. The Balaban J connectivity index is 1.39. The van der Waals surface area contributed by atoms with E-state index in [-0.39, 0.29) is 5.75 Å². The number of nitrogens with zero attached hydrogens (tertiary/aromatic N) is 5. The zero-order chi connectivity index (χ0) is 24.8. The molecule has 35 heavy (non-hydrogen) atoms. The summed E-state index contributed by atoms with van der Waals surface area (Å²) in [5, 5.41) is 15.6. The summed E-state index contributed by atoms with van der Waals surface area (Å²) >= 11 is 1.11. The van der Waals surface area contributed by atoms with Crippen LogP contribution in [0.15, 0.2) is 59.8 Å². The number of aryl methyl sites for hydroxylation is 1. The van der Waals surface area contributed by atoms with Crippen molar-refractivity contribution in [1.29, 1.82) is 0 Å². The Morgan fingerprint density at radius 2 is 1.83 bits per heavy atom. The highest BCUT2D eigenvalue weighted by Gasteiger charge is 2.52. The van der Waals surface area contributed by atoms with Crippen LogP contribution >= 0.6 is 11.8 Å². The summed E-state index contributed by atoms with van der Waals surface area (Å²) < 4.78 is 1.55. The van der Waals surface area contributed by atoms with Crippen molar-refractivity contribution in [2.45, 2.75) is 50.2 Å². The fraction of sp³-hybridized carbons (Fsp3) is 0.333. The van der Waals surface area contributed by atoms with Crippen LogP contribution in [0.1, 0.15) is 44.2 Å². The Labute approximate surface area is 207 Å². The molecule has 0 aliphatic carbocycles. The van der Waals surface area contributed by atoms with E-state index >= 15 is 0 Å². The van der Waals surface area contributed by atoms with Crippen LogP contribution in [0.25, 0.3) is 5.69 Å². The first kappa shape index (κ1) is 24.4. The number of carbonyl (C=O) groups excluding carboxylic acids is 3. The van der Waals surface area contributed by atoms with Crippen molar-refractivity contribution in [3.63, 3.8) is 0 Å². The number of amides is 4. The molecule has 182 valence electrons. The average molecular weight is 494 g/mol. The van der Waals surface area contributed by atoms with E-state index in [4.69, 9.17) is 0 Å². The lowest BCUT2D eigenvalue weighted by Gasteiger charge is -2.25. The number of aromatic nitrogens is 4. The van der Waals surface area contributed by atoms with Crippen molar-refractivity contribution in [3.05, 3.63) is 65.7 Å². The highest BCUT2D eigenvalue weighted by molar-refractivity contribution is 7.99. The quantitative estimate of drug-likeness (QED) is 0.329. The Morgan fingerprint density at radius 1 is 1.09 bits per heavy atom. The van der Waals surface area contributed by atoms with Crippen LogP contribution in [0.5, 0.6) is 0 Å². The van der Waals surface area contributed by atoms with E-state index in [2.05, 4.69) is 33.2 Å². The number of imide groups is 1. The maximum Gasteiger partial charge on any atom is 0.344 e. The van der Waals surface area contributed by atoms with Crippen LogP contribution in [0.3, 0.4) is 0 Å². The normalized spacial score (nSPS) is 17.5. The molecule has 1 saturated heterocycles. The Morgan fingerprint density at radius 3 is 2.51 bits per heavy atom. The fourth-order valence-corrected chi connectivity index (χ4v) is 4.62. The number of unbranched alkanes of at least 4 members (excludes halogenated alkanes) is 1. The number of rotatable bonds is 10. The standard InChI is InChI=1S/C24H27N7O3S/c1-3-5-9-17-12-14-19(15-13-17)30-23(26-28-29-30)35-16-20(32)27-31-21(33)24(4-2,25-22(31)34)18-10-7-6-8-11-18/h6-8,10-15H,3-5,9,16H2,1-2H3,(H,25,34)(H,27,32). The number of tetrazole rings is 1. The van der Waals surface area contributed by atoms with Crippen LogP contribution in [0, 0.1) is 0 Å². The van der Waals surface area contributed by atoms with E-state index in [0.29, 0.717) is 17.1 Å². The van der Waals surface area contributed by atoms with Gasteiger partial charge in [0.05, 0.1) is 11.4 Å². The fourth-order valence-electron chi connectivity index (χ4n) is 3.94. The molecular weight excluding hydrogens is 466 g/mol. The molecule has 2 aromatic carbocycles. The molecule has 1 unspecified atom stereocenters. The molecule has 2 N–H and O–H groups in total.